The van der Waals surface area contributed by atoms with Crippen LogP contribution in [0.2, 0.25) is 5.02 Å². The van der Waals surface area contributed by atoms with Gasteiger partial charge in [-0.2, -0.15) is 0 Å². The first-order valence-electron chi connectivity index (χ1n) is 10.6. The minimum atomic E-state index is -0.165. The fourth-order valence-corrected chi connectivity index (χ4v) is 4.28. The Morgan fingerprint density at radius 1 is 1.23 bits per heavy atom. The quantitative estimate of drug-likeness (QED) is 0.242. The molecule has 0 N–H and O–H groups in total. The summed E-state index contributed by atoms with van der Waals surface area (Å²) < 4.78 is 13.4. The van der Waals surface area contributed by atoms with Crippen molar-refractivity contribution in [1.82, 2.24) is 0 Å². The van der Waals surface area contributed by atoms with Gasteiger partial charge in [0.2, 0.25) is 0 Å². The Bertz CT molecular complexity index is 980. The van der Waals surface area contributed by atoms with Crippen LogP contribution in [0, 0.1) is 11.7 Å². The molecule has 0 aromatic heterocycles. The van der Waals surface area contributed by atoms with E-state index in [1.165, 1.54) is 12.1 Å². The second-order valence-corrected chi connectivity index (χ2v) is 8.47. The molecule has 0 bridgehead atoms. The normalized spacial score (nSPS) is 15.8. The van der Waals surface area contributed by atoms with Gasteiger partial charge < -0.3 is 9.80 Å². The van der Waals surface area contributed by atoms with Gasteiger partial charge >= 0.3 is 0 Å². The topological polar surface area (TPSA) is 35.9 Å². The number of allylic oxidation sites excluding steroid dienone is 2. The van der Waals surface area contributed by atoms with Crippen molar-refractivity contribution in [3.05, 3.63) is 70.6 Å². The second-order valence-electron chi connectivity index (χ2n) is 8.06. The van der Waals surface area contributed by atoms with Gasteiger partial charge in [-0.15, -0.1) is 0 Å². The van der Waals surface area contributed by atoms with E-state index in [4.69, 9.17) is 11.6 Å². The zero-order valence-electron chi connectivity index (χ0n) is 18.3. The predicted octanol–water partition coefficient (Wildman–Crippen LogP) is 5.90. The molecule has 2 aromatic carbocycles. The highest BCUT2D eigenvalue weighted by Crippen LogP contribution is 2.33. The van der Waals surface area contributed by atoms with Crippen molar-refractivity contribution in [3.63, 3.8) is 0 Å². The lowest BCUT2D eigenvalue weighted by atomic mass is 9.90. The van der Waals surface area contributed by atoms with Gasteiger partial charge in [0.15, 0.2) is 0 Å². The SMILES string of the molecule is CC(=C/C=O)/N=C(/C)N(C)c1ccc(N2CCC(Cc3cccc(F)c3)CC2)c(Cl)c1. The molecule has 3 rings (SSSR count). The number of aliphatic imine (C=N–C) groups is 1. The number of hydrogen-bond acceptors (Lipinski definition) is 3. The van der Waals surface area contributed by atoms with E-state index in [0.29, 0.717) is 16.6 Å². The number of benzene rings is 2. The van der Waals surface area contributed by atoms with Crippen LogP contribution < -0.4 is 9.80 Å². The summed E-state index contributed by atoms with van der Waals surface area (Å²) in [4.78, 5) is 19.3. The van der Waals surface area contributed by atoms with Crippen molar-refractivity contribution in [2.45, 2.75) is 33.1 Å². The van der Waals surface area contributed by atoms with Crippen molar-refractivity contribution >= 4 is 35.1 Å². The average molecular weight is 442 g/mol. The number of halogens is 2. The Balaban J connectivity index is 1.63. The largest absolute Gasteiger partial charge is 0.370 e. The van der Waals surface area contributed by atoms with E-state index in [0.717, 1.165) is 61.4 Å². The lowest BCUT2D eigenvalue weighted by Gasteiger charge is -2.34. The zero-order valence-corrected chi connectivity index (χ0v) is 19.1. The number of rotatable bonds is 6. The van der Waals surface area contributed by atoms with Gasteiger partial charge in [-0.1, -0.05) is 23.7 Å². The van der Waals surface area contributed by atoms with Gasteiger partial charge in [0.25, 0.3) is 0 Å². The van der Waals surface area contributed by atoms with Crippen LogP contribution in [0.3, 0.4) is 0 Å². The zero-order chi connectivity index (χ0) is 22.4. The third kappa shape index (κ3) is 6.17. The minimum Gasteiger partial charge on any atom is -0.370 e. The summed E-state index contributed by atoms with van der Waals surface area (Å²) in [6.45, 7) is 5.56. The summed E-state index contributed by atoms with van der Waals surface area (Å²) in [5, 5.41) is 0.709. The number of carbonyl (C=O) groups is 1. The average Bonchev–Trinajstić information content (AvgIpc) is 2.74. The fraction of sp³-hybridized carbons (Fsp3) is 0.360. The molecule has 0 aliphatic carbocycles. The van der Waals surface area contributed by atoms with Gasteiger partial charge in [-0.25, -0.2) is 9.38 Å². The molecule has 0 spiro atoms. The molecule has 0 unspecified atom stereocenters. The summed E-state index contributed by atoms with van der Waals surface area (Å²) in [6, 6.07) is 13.0. The molecule has 1 fully saturated rings. The number of piperidine rings is 1. The summed E-state index contributed by atoms with van der Waals surface area (Å²) >= 11 is 6.64. The molecule has 0 saturated carbocycles. The molecule has 164 valence electrons. The van der Waals surface area contributed by atoms with E-state index in [1.54, 1.807) is 19.1 Å². The molecule has 1 heterocycles. The first-order chi connectivity index (χ1) is 14.9. The van der Waals surface area contributed by atoms with E-state index in [-0.39, 0.29) is 5.82 Å². The van der Waals surface area contributed by atoms with Crippen LogP contribution in [0.15, 0.2) is 59.2 Å². The highest BCUT2D eigenvalue weighted by molar-refractivity contribution is 6.33. The lowest BCUT2D eigenvalue weighted by molar-refractivity contribution is -0.104. The fourth-order valence-electron chi connectivity index (χ4n) is 3.99. The van der Waals surface area contributed by atoms with E-state index in [9.17, 15) is 9.18 Å². The summed E-state index contributed by atoms with van der Waals surface area (Å²) in [5.41, 5.74) is 3.70. The third-order valence-corrected chi connectivity index (χ3v) is 6.12. The van der Waals surface area contributed by atoms with Gasteiger partial charge in [-0.05, 0) is 81.0 Å². The number of hydrogen-bond donors (Lipinski definition) is 0. The summed E-state index contributed by atoms with van der Waals surface area (Å²) in [6.07, 6.45) is 5.20. The van der Waals surface area contributed by atoms with Crippen molar-refractivity contribution in [1.29, 1.82) is 0 Å². The smallest absolute Gasteiger partial charge is 0.144 e. The van der Waals surface area contributed by atoms with E-state index >= 15 is 0 Å². The highest BCUT2D eigenvalue weighted by Gasteiger charge is 2.21. The number of anilines is 2. The second kappa shape index (κ2) is 10.6. The minimum absolute atomic E-state index is 0.165. The maximum Gasteiger partial charge on any atom is 0.144 e. The number of aldehydes is 1. The molecule has 4 nitrogen and oxygen atoms in total. The molecule has 0 radical (unpaired) electrons. The maximum atomic E-state index is 13.4. The number of carbonyl (C=O) groups excluding carboxylic acids is 1. The van der Waals surface area contributed by atoms with E-state index in [1.807, 2.05) is 37.1 Å². The van der Waals surface area contributed by atoms with Crippen LogP contribution in [-0.2, 0) is 11.2 Å². The van der Waals surface area contributed by atoms with Crippen molar-refractivity contribution in [2.75, 3.05) is 29.9 Å². The Morgan fingerprint density at radius 2 is 1.97 bits per heavy atom. The molecule has 31 heavy (non-hydrogen) atoms. The standard InChI is InChI=1S/C25H29ClFN3O/c1-18(11-14-31)28-19(2)29(3)23-7-8-25(24(26)17-23)30-12-9-20(10-13-30)15-21-5-4-6-22(27)16-21/h4-8,11,14,16-17,20H,9-10,12-13,15H2,1-3H3/b18-11-,28-19-. The van der Waals surface area contributed by atoms with Gasteiger partial charge in [0.1, 0.15) is 17.9 Å². The van der Waals surface area contributed by atoms with Crippen molar-refractivity contribution in [3.8, 4) is 0 Å². The monoisotopic (exact) mass is 441 g/mol. The summed E-state index contributed by atoms with van der Waals surface area (Å²) in [5.74, 6) is 1.17. The molecule has 1 saturated heterocycles. The number of amidine groups is 1. The van der Waals surface area contributed by atoms with Crippen LogP contribution in [0.25, 0.3) is 0 Å². The first-order valence-corrected chi connectivity index (χ1v) is 10.9. The van der Waals surface area contributed by atoms with E-state index in [2.05, 4.69) is 16.0 Å². The predicted molar refractivity (Wildman–Crippen MR) is 128 cm³/mol. The molecular formula is C25H29ClFN3O. The van der Waals surface area contributed by atoms with Crippen LogP contribution >= 0.6 is 11.6 Å². The number of nitrogens with zero attached hydrogens (tertiary/aromatic N) is 3. The Labute approximate surface area is 189 Å². The molecule has 0 amide bonds. The molecular weight excluding hydrogens is 413 g/mol. The third-order valence-electron chi connectivity index (χ3n) is 5.82. The van der Waals surface area contributed by atoms with Crippen LogP contribution in [0.4, 0.5) is 15.8 Å². The Kier molecular flexibility index (Phi) is 7.85. The maximum absolute atomic E-state index is 13.4. The molecule has 2 aromatic rings. The molecule has 0 atom stereocenters. The molecule has 1 aliphatic heterocycles. The van der Waals surface area contributed by atoms with Gasteiger partial charge in [0, 0.05) is 31.5 Å². The highest BCUT2D eigenvalue weighted by atomic mass is 35.5. The van der Waals surface area contributed by atoms with Crippen LogP contribution in [0.1, 0.15) is 32.3 Å². The molecule has 6 heteroatoms. The molecule has 1 aliphatic rings. The van der Waals surface area contributed by atoms with Crippen LogP contribution in [-0.4, -0.2) is 32.3 Å². The Hall–Kier alpha value is -2.66. The lowest BCUT2D eigenvalue weighted by Crippen LogP contribution is -2.34. The first kappa shape index (κ1) is 23.0. The van der Waals surface area contributed by atoms with Gasteiger partial charge in [0.05, 0.1) is 10.7 Å². The summed E-state index contributed by atoms with van der Waals surface area (Å²) in [7, 11) is 1.93. The van der Waals surface area contributed by atoms with Gasteiger partial charge in [-0.3, -0.25) is 4.79 Å². The Morgan fingerprint density at radius 3 is 2.61 bits per heavy atom. The van der Waals surface area contributed by atoms with Crippen molar-refractivity contribution < 1.29 is 9.18 Å². The van der Waals surface area contributed by atoms with Crippen molar-refractivity contribution in [2.24, 2.45) is 10.9 Å². The van der Waals surface area contributed by atoms with Crippen LogP contribution in [0.5, 0.6) is 0 Å². The van der Waals surface area contributed by atoms with E-state index < -0.39 is 0 Å².